The molecule has 0 aliphatic rings. The van der Waals surface area contributed by atoms with Gasteiger partial charge in [-0.25, -0.2) is 19.3 Å². The van der Waals surface area contributed by atoms with Crippen LogP contribution in [0.25, 0.3) is 10.9 Å². The molecule has 0 saturated carbocycles. The fraction of sp³-hybridized carbons (Fsp3) is 0.231. The molecular weight excluding hydrogens is 451 g/mol. The fourth-order valence-corrected chi connectivity index (χ4v) is 3.44. The third kappa shape index (κ3) is 5.52. The Hall–Kier alpha value is -4.11. The van der Waals surface area contributed by atoms with Crippen molar-refractivity contribution in [1.82, 2.24) is 15.0 Å². The number of aromatic nitrogens is 3. The first-order chi connectivity index (χ1) is 16.8. The van der Waals surface area contributed by atoms with E-state index in [2.05, 4.69) is 20.3 Å². The maximum absolute atomic E-state index is 14.8. The largest absolute Gasteiger partial charge is 0.497 e. The van der Waals surface area contributed by atoms with Crippen molar-refractivity contribution < 1.29 is 23.8 Å². The number of benzene rings is 2. The monoisotopic (exact) mass is 476 g/mol. The summed E-state index contributed by atoms with van der Waals surface area (Å²) in [6.45, 7) is 3.71. The van der Waals surface area contributed by atoms with Crippen LogP contribution in [0.3, 0.4) is 0 Å². The minimum atomic E-state index is -0.586. The third-order valence-electron chi connectivity index (χ3n) is 5.60. The van der Waals surface area contributed by atoms with Crippen molar-refractivity contribution in [3.05, 3.63) is 78.0 Å². The lowest BCUT2D eigenvalue weighted by atomic mass is 9.86. The van der Waals surface area contributed by atoms with E-state index < -0.39 is 17.1 Å². The van der Waals surface area contributed by atoms with Gasteiger partial charge in [0, 0.05) is 17.7 Å². The summed E-state index contributed by atoms with van der Waals surface area (Å²) >= 11 is 0. The zero-order valence-corrected chi connectivity index (χ0v) is 19.6. The summed E-state index contributed by atoms with van der Waals surface area (Å²) < 4.78 is 25.8. The van der Waals surface area contributed by atoms with Crippen LogP contribution >= 0.6 is 0 Å². The molecule has 180 valence electrons. The molecule has 1 amide bonds. The molecule has 0 unspecified atom stereocenters. The Morgan fingerprint density at radius 2 is 1.86 bits per heavy atom. The first-order valence-corrected chi connectivity index (χ1v) is 10.9. The van der Waals surface area contributed by atoms with Gasteiger partial charge in [-0.05, 0) is 47.5 Å². The minimum absolute atomic E-state index is 0.0532. The number of aliphatic hydroxyl groups is 1. The van der Waals surface area contributed by atoms with Crippen molar-refractivity contribution in [3.8, 4) is 17.4 Å². The Balaban J connectivity index is 1.47. The van der Waals surface area contributed by atoms with E-state index in [-0.39, 0.29) is 30.2 Å². The standard InChI is InChI=1S/C26H25FN4O4/c1-26(2,14-32)17-8-9-28-23(11-17)31-24(33)10-16-4-5-19(13-21(16)27)35-25-20-12-18(34-3)6-7-22(20)29-15-30-25/h4-9,11-13,15,32H,10,14H2,1-3H3,(H,28,31,33). The summed E-state index contributed by atoms with van der Waals surface area (Å²) in [5, 5.41) is 12.9. The number of nitrogens with zero attached hydrogens (tertiary/aromatic N) is 3. The number of aliphatic hydroxyl groups excluding tert-OH is 1. The summed E-state index contributed by atoms with van der Waals surface area (Å²) in [5.41, 5.74) is 1.21. The molecular formula is C26H25FN4O4. The van der Waals surface area contributed by atoms with Crippen LogP contribution in [-0.2, 0) is 16.6 Å². The molecule has 8 nitrogen and oxygen atoms in total. The maximum atomic E-state index is 14.8. The van der Waals surface area contributed by atoms with Crippen LogP contribution in [0.4, 0.5) is 10.2 Å². The van der Waals surface area contributed by atoms with Crippen molar-refractivity contribution in [2.45, 2.75) is 25.7 Å². The van der Waals surface area contributed by atoms with Crippen LogP contribution in [0.2, 0.25) is 0 Å². The molecule has 0 radical (unpaired) electrons. The lowest BCUT2D eigenvalue weighted by Crippen LogP contribution is -2.23. The molecule has 2 heterocycles. The van der Waals surface area contributed by atoms with Crippen molar-refractivity contribution in [2.24, 2.45) is 0 Å². The molecule has 4 aromatic rings. The quantitative estimate of drug-likeness (QED) is 0.388. The van der Waals surface area contributed by atoms with Gasteiger partial charge in [0.15, 0.2) is 0 Å². The second kappa shape index (κ2) is 10.0. The number of carbonyl (C=O) groups excluding carboxylic acids is 1. The number of halogens is 1. The number of amides is 1. The summed E-state index contributed by atoms with van der Waals surface area (Å²) in [4.78, 5) is 25.0. The van der Waals surface area contributed by atoms with Crippen molar-refractivity contribution in [1.29, 1.82) is 0 Å². The number of hydrogen-bond acceptors (Lipinski definition) is 7. The number of anilines is 1. The molecule has 0 saturated heterocycles. The summed E-state index contributed by atoms with van der Waals surface area (Å²) in [7, 11) is 1.55. The van der Waals surface area contributed by atoms with Crippen LogP contribution in [0.15, 0.2) is 61.1 Å². The second-order valence-electron chi connectivity index (χ2n) is 8.61. The number of pyridine rings is 1. The van der Waals surface area contributed by atoms with E-state index in [0.29, 0.717) is 22.5 Å². The number of rotatable bonds is 8. The van der Waals surface area contributed by atoms with E-state index in [1.165, 1.54) is 18.5 Å². The van der Waals surface area contributed by atoms with Crippen molar-refractivity contribution >= 4 is 22.6 Å². The topological polar surface area (TPSA) is 106 Å². The normalized spacial score (nSPS) is 11.3. The molecule has 2 N–H and O–H groups in total. The van der Waals surface area contributed by atoms with Crippen LogP contribution in [0.5, 0.6) is 17.4 Å². The van der Waals surface area contributed by atoms with Gasteiger partial charge in [-0.15, -0.1) is 0 Å². The van der Waals surface area contributed by atoms with Gasteiger partial charge in [-0.2, -0.15) is 0 Å². The van der Waals surface area contributed by atoms with Gasteiger partial charge in [0.2, 0.25) is 11.8 Å². The molecule has 4 rings (SSSR count). The Kier molecular flexibility index (Phi) is 6.88. The molecule has 0 fully saturated rings. The molecule has 35 heavy (non-hydrogen) atoms. The number of ether oxygens (including phenoxy) is 2. The molecule has 0 aliphatic carbocycles. The van der Waals surface area contributed by atoms with Gasteiger partial charge in [0.1, 0.15) is 29.5 Å². The highest BCUT2D eigenvalue weighted by atomic mass is 19.1. The fourth-order valence-electron chi connectivity index (χ4n) is 3.44. The highest BCUT2D eigenvalue weighted by molar-refractivity contribution is 5.91. The summed E-state index contributed by atoms with van der Waals surface area (Å²) in [5.74, 6) is 0.436. The Labute approximate surface area is 201 Å². The average Bonchev–Trinajstić information content (AvgIpc) is 2.85. The Morgan fingerprint density at radius 1 is 1.06 bits per heavy atom. The lowest BCUT2D eigenvalue weighted by Gasteiger charge is -2.22. The molecule has 9 heteroatoms. The van der Waals surface area contributed by atoms with Crippen LogP contribution < -0.4 is 14.8 Å². The van der Waals surface area contributed by atoms with Crippen LogP contribution in [0, 0.1) is 5.82 Å². The lowest BCUT2D eigenvalue weighted by molar-refractivity contribution is -0.115. The van der Waals surface area contributed by atoms with Gasteiger partial charge in [-0.3, -0.25) is 4.79 Å². The SMILES string of the molecule is COc1ccc2ncnc(Oc3ccc(CC(=O)Nc4cc(C(C)(C)CO)ccn4)c(F)c3)c2c1. The van der Waals surface area contributed by atoms with E-state index in [9.17, 15) is 14.3 Å². The van der Waals surface area contributed by atoms with Gasteiger partial charge >= 0.3 is 0 Å². The summed E-state index contributed by atoms with van der Waals surface area (Å²) in [6.07, 6.45) is 2.74. The van der Waals surface area contributed by atoms with Gasteiger partial charge in [0.05, 0.1) is 31.0 Å². The Morgan fingerprint density at radius 3 is 2.60 bits per heavy atom. The second-order valence-corrected chi connectivity index (χ2v) is 8.61. The molecule has 0 spiro atoms. The van der Waals surface area contributed by atoms with Gasteiger partial charge in [-0.1, -0.05) is 19.9 Å². The number of hydrogen-bond donors (Lipinski definition) is 2. The van der Waals surface area contributed by atoms with Crippen molar-refractivity contribution in [2.75, 3.05) is 19.0 Å². The number of methoxy groups -OCH3 is 1. The first kappa shape index (κ1) is 24.0. The van der Waals surface area contributed by atoms with E-state index in [1.807, 2.05) is 13.8 Å². The number of nitrogens with one attached hydrogen (secondary N) is 1. The average molecular weight is 477 g/mol. The molecule has 2 aromatic heterocycles. The van der Waals surface area contributed by atoms with E-state index >= 15 is 0 Å². The number of fused-ring (bicyclic) bond motifs is 1. The first-order valence-electron chi connectivity index (χ1n) is 10.9. The molecule has 0 aliphatic heterocycles. The van der Waals surface area contributed by atoms with E-state index in [0.717, 1.165) is 5.56 Å². The van der Waals surface area contributed by atoms with Crippen LogP contribution in [-0.4, -0.2) is 39.7 Å². The van der Waals surface area contributed by atoms with E-state index in [4.69, 9.17) is 9.47 Å². The predicted octanol–water partition coefficient (Wildman–Crippen LogP) is 4.42. The molecule has 0 atom stereocenters. The third-order valence-corrected chi connectivity index (χ3v) is 5.60. The van der Waals surface area contributed by atoms with E-state index in [1.54, 1.807) is 49.7 Å². The smallest absolute Gasteiger partial charge is 0.230 e. The summed E-state index contributed by atoms with van der Waals surface area (Å²) in [6, 6.07) is 13.0. The van der Waals surface area contributed by atoms with Gasteiger partial charge < -0.3 is 19.9 Å². The Bertz CT molecular complexity index is 1380. The minimum Gasteiger partial charge on any atom is -0.497 e. The number of carbonyl (C=O) groups is 1. The zero-order valence-electron chi connectivity index (χ0n) is 19.6. The van der Waals surface area contributed by atoms with Crippen LogP contribution in [0.1, 0.15) is 25.0 Å². The maximum Gasteiger partial charge on any atom is 0.230 e. The highest BCUT2D eigenvalue weighted by Gasteiger charge is 2.20. The zero-order chi connectivity index (χ0) is 25.0. The highest BCUT2D eigenvalue weighted by Crippen LogP contribution is 2.30. The molecule has 2 aromatic carbocycles. The van der Waals surface area contributed by atoms with Gasteiger partial charge in [0.25, 0.3) is 0 Å². The van der Waals surface area contributed by atoms with Crippen molar-refractivity contribution in [3.63, 3.8) is 0 Å². The predicted molar refractivity (Wildman–Crippen MR) is 129 cm³/mol. The molecule has 0 bridgehead atoms.